The summed E-state index contributed by atoms with van der Waals surface area (Å²) in [6.07, 6.45) is 0. The molecule has 0 amide bonds. The molecule has 1 aromatic carbocycles. The molecule has 1 rings (SSSR count). The van der Waals surface area contributed by atoms with E-state index in [0.717, 1.165) is 4.46 Å². The molecule has 0 saturated carbocycles. The van der Waals surface area contributed by atoms with Crippen LogP contribution in [0.25, 0.3) is 0 Å². The molecule has 0 radical (unpaired) electrons. The van der Waals surface area contributed by atoms with Crippen molar-refractivity contribution in [3.05, 3.63) is 30.3 Å². The first kappa shape index (κ1) is 15.0. The van der Waals surface area contributed by atoms with Gasteiger partial charge in [0.25, 0.3) is 0 Å². The van der Waals surface area contributed by atoms with Gasteiger partial charge in [-0.3, -0.25) is 0 Å². The normalized spacial score (nSPS) is 13.5. The van der Waals surface area contributed by atoms with Crippen molar-refractivity contribution in [2.45, 2.75) is 10.2 Å². The van der Waals surface area contributed by atoms with E-state index in [1.54, 1.807) is 0 Å². The summed E-state index contributed by atoms with van der Waals surface area (Å²) < 4.78 is 10.2. The van der Waals surface area contributed by atoms with E-state index in [4.69, 9.17) is 11.6 Å². The van der Waals surface area contributed by atoms with Gasteiger partial charge >= 0.3 is 117 Å². The zero-order valence-corrected chi connectivity index (χ0v) is 12.4. The molecule has 0 heterocycles. The quantitative estimate of drug-likeness (QED) is 0.453. The number of hydrogen-bond donors (Lipinski definition) is 0. The molecule has 0 aromatic heterocycles. The van der Waals surface area contributed by atoms with Crippen LogP contribution in [-0.4, -0.2) is 46.5 Å². The number of rotatable bonds is 5. The standard InChI is InChI=1S/C12H13ClO4Se/c1-16-11(14)9(13)10(12(15)17-2)18-8-6-4-3-5-7-8/h3-7,9-10H,1-2H3/t9-,10-/m0/s1. The molecule has 0 spiro atoms. The third-order valence-corrected chi connectivity index (χ3v) is 5.55. The number of methoxy groups -OCH3 is 2. The molecule has 2 atom stereocenters. The van der Waals surface area contributed by atoms with Gasteiger partial charge in [-0.25, -0.2) is 0 Å². The predicted molar refractivity (Wildman–Crippen MR) is 69.3 cm³/mol. The van der Waals surface area contributed by atoms with E-state index in [0.29, 0.717) is 0 Å². The van der Waals surface area contributed by atoms with Gasteiger partial charge in [-0.05, 0) is 0 Å². The summed E-state index contributed by atoms with van der Waals surface area (Å²) in [5.74, 6) is -1.12. The third-order valence-electron chi connectivity index (χ3n) is 2.13. The molecule has 0 aliphatic rings. The van der Waals surface area contributed by atoms with Gasteiger partial charge in [-0.15, -0.1) is 0 Å². The van der Waals surface area contributed by atoms with E-state index in [1.807, 2.05) is 30.3 Å². The van der Waals surface area contributed by atoms with E-state index in [1.165, 1.54) is 14.2 Å². The summed E-state index contributed by atoms with van der Waals surface area (Å²) in [4.78, 5) is 22.4. The number of alkyl halides is 1. The number of carbonyl (C=O) groups excluding carboxylic acids is 2. The molecule has 0 saturated heterocycles. The monoisotopic (exact) mass is 336 g/mol. The molecule has 6 heteroatoms. The van der Waals surface area contributed by atoms with Gasteiger partial charge in [-0.1, -0.05) is 0 Å². The maximum atomic E-state index is 11.7. The van der Waals surface area contributed by atoms with Crippen LogP contribution in [0.5, 0.6) is 0 Å². The molecule has 0 aliphatic carbocycles. The Kier molecular flexibility index (Phi) is 6.19. The first-order valence-corrected chi connectivity index (χ1v) is 7.39. The van der Waals surface area contributed by atoms with Gasteiger partial charge in [0.15, 0.2) is 0 Å². The Balaban J connectivity index is 2.86. The third kappa shape index (κ3) is 4.02. The van der Waals surface area contributed by atoms with Crippen molar-refractivity contribution in [3.63, 3.8) is 0 Å². The van der Waals surface area contributed by atoms with Crippen molar-refractivity contribution in [1.29, 1.82) is 0 Å². The Hall–Kier alpha value is -1.03. The SMILES string of the molecule is COC(=O)[C@@H](Cl)[C@H]([Se]c1ccccc1)C(=O)OC. The van der Waals surface area contributed by atoms with E-state index >= 15 is 0 Å². The zero-order chi connectivity index (χ0) is 13.5. The fourth-order valence-corrected chi connectivity index (χ4v) is 3.85. The minimum atomic E-state index is -1.03. The topological polar surface area (TPSA) is 52.6 Å². The second-order valence-corrected chi connectivity index (χ2v) is 6.32. The number of benzene rings is 1. The summed E-state index contributed by atoms with van der Waals surface area (Å²) in [5, 5.41) is -1.03. The summed E-state index contributed by atoms with van der Waals surface area (Å²) in [6.45, 7) is 0. The molecule has 98 valence electrons. The zero-order valence-electron chi connectivity index (χ0n) is 9.96. The molecule has 0 fully saturated rings. The molecule has 0 aliphatic heterocycles. The van der Waals surface area contributed by atoms with Crippen molar-refractivity contribution in [3.8, 4) is 0 Å². The van der Waals surface area contributed by atoms with Crippen LogP contribution in [-0.2, 0) is 19.1 Å². The van der Waals surface area contributed by atoms with Crippen molar-refractivity contribution < 1.29 is 19.1 Å². The van der Waals surface area contributed by atoms with Crippen molar-refractivity contribution >= 4 is 43.0 Å². The molecular formula is C12H13ClO4Se. The van der Waals surface area contributed by atoms with Crippen LogP contribution in [0.4, 0.5) is 0 Å². The average molecular weight is 336 g/mol. The van der Waals surface area contributed by atoms with E-state index < -0.39 is 22.1 Å². The minimum absolute atomic E-state index is 0.297. The molecular weight excluding hydrogens is 323 g/mol. The number of halogens is 1. The van der Waals surface area contributed by atoms with Gasteiger partial charge in [0.2, 0.25) is 0 Å². The van der Waals surface area contributed by atoms with Gasteiger partial charge in [0, 0.05) is 0 Å². The maximum absolute atomic E-state index is 11.7. The number of carbonyl (C=O) groups is 2. The second kappa shape index (κ2) is 7.41. The number of esters is 2. The number of ether oxygens (including phenoxy) is 2. The Morgan fingerprint density at radius 3 is 2.17 bits per heavy atom. The summed E-state index contributed by atoms with van der Waals surface area (Å²) in [6, 6.07) is 9.39. The Bertz CT molecular complexity index is 410. The Morgan fingerprint density at radius 2 is 1.67 bits per heavy atom. The van der Waals surface area contributed by atoms with Crippen molar-refractivity contribution in [2.75, 3.05) is 14.2 Å². The first-order valence-electron chi connectivity index (χ1n) is 5.11. The summed E-state index contributed by atoms with van der Waals surface area (Å²) in [7, 11) is 2.51. The fourth-order valence-electron chi connectivity index (χ4n) is 1.23. The van der Waals surface area contributed by atoms with Gasteiger partial charge in [0.05, 0.1) is 0 Å². The second-order valence-electron chi connectivity index (χ2n) is 3.30. The van der Waals surface area contributed by atoms with Gasteiger partial charge in [-0.2, -0.15) is 0 Å². The van der Waals surface area contributed by atoms with E-state index in [9.17, 15) is 9.59 Å². The van der Waals surface area contributed by atoms with E-state index in [2.05, 4.69) is 9.47 Å². The average Bonchev–Trinajstić information content (AvgIpc) is 2.43. The first-order chi connectivity index (χ1) is 8.60. The summed E-state index contributed by atoms with van der Waals surface area (Å²) >= 11 is 5.66. The molecule has 4 nitrogen and oxygen atoms in total. The molecule has 0 unspecified atom stereocenters. The summed E-state index contributed by atoms with van der Waals surface area (Å²) in [5.41, 5.74) is 0. The van der Waals surface area contributed by atoms with Gasteiger partial charge in [0.1, 0.15) is 0 Å². The van der Waals surface area contributed by atoms with Crippen LogP contribution >= 0.6 is 11.6 Å². The molecule has 1 aromatic rings. The van der Waals surface area contributed by atoms with Crippen LogP contribution in [0.15, 0.2) is 30.3 Å². The fraction of sp³-hybridized carbons (Fsp3) is 0.333. The predicted octanol–water partition coefficient (Wildman–Crippen LogP) is 0.758. The Morgan fingerprint density at radius 1 is 1.11 bits per heavy atom. The van der Waals surface area contributed by atoms with Crippen LogP contribution in [0.3, 0.4) is 0 Å². The van der Waals surface area contributed by atoms with Crippen LogP contribution in [0, 0.1) is 0 Å². The molecule has 0 bridgehead atoms. The Labute approximate surface area is 117 Å². The molecule has 18 heavy (non-hydrogen) atoms. The number of hydrogen-bond acceptors (Lipinski definition) is 4. The molecule has 0 N–H and O–H groups in total. The van der Waals surface area contributed by atoms with Crippen LogP contribution in [0.1, 0.15) is 0 Å². The van der Waals surface area contributed by atoms with Crippen LogP contribution < -0.4 is 4.46 Å². The van der Waals surface area contributed by atoms with Crippen molar-refractivity contribution in [1.82, 2.24) is 0 Å². The van der Waals surface area contributed by atoms with Gasteiger partial charge < -0.3 is 0 Å². The van der Waals surface area contributed by atoms with E-state index in [-0.39, 0.29) is 15.0 Å². The van der Waals surface area contributed by atoms with Crippen molar-refractivity contribution in [2.24, 2.45) is 0 Å². The van der Waals surface area contributed by atoms with Crippen LogP contribution in [0.2, 0.25) is 4.82 Å².